The molecule has 0 fully saturated rings. The van der Waals surface area contributed by atoms with Crippen molar-refractivity contribution in [2.75, 3.05) is 13.2 Å². The van der Waals surface area contributed by atoms with E-state index in [9.17, 15) is 14.4 Å². The van der Waals surface area contributed by atoms with Crippen LogP contribution < -0.4 is 0 Å². The third kappa shape index (κ3) is 64.4. The molecule has 0 aromatic carbocycles. The van der Waals surface area contributed by atoms with Crippen LogP contribution in [0, 0.1) is 0 Å². The molecule has 80 heavy (non-hydrogen) atoms. The van der Waals surface area contributed by atoms with Crippen molar-refractivity contribution in [1.29, 1.82) is 0 Å². The minimum absolute atomic E-state index is 0.0986. The van der Waals surface area contributed by atoms with Gasteiger partial charge in [0.05, 0.1) is 0 Å². The molecule has 0 aromatic rings. The van der Waals surface area contributed by atoms with E-state index in [1.807, 2.05) is 0 Å². The zero-order valence-electron chi connectivity index (χ0n) is 52.0. The van der Waals surface area contributed by atoms with Gasteiger partial charge < -0.3 is 14.2 Å². The lowest BCUT2D eigenvalue weighted by atomic mass is 10.0. The van der Waals surface area contributed by atoms with E-state index >= 15 is 0 Å². The van der Waals surface area contributed by atoms with Gasteiger partial charge in [0.25, 0.3) is 0 Å². The molecular weight excluding hydrogens is 985 g/mol. The normalized spacial score (nSPS) is 13.0. The number of hydrogen-bond acceptors (Lipinski definition) is 6. The Kier molecular flexibility index (Phi) is 63.3. The van der Waals surface area contributed by atoms with Crippen LogP contribution in [0.25, 0.3) is 0 Å². The van der Waals surface area contributed by atoms with Crippen LogP contribution in [-0.2, 0) is 28.6 Å². The molecule has 6 nitrogen and oxygen atoms in total. The first-order chi connectivity index (χ1) is 39.5. The Morgan fingerprint density at radius 3 is 0.787 bits per heavy atom. The first kappa shape index (κ1) is 75.5. The van der Waals surface area contributed by atoms with Gasteiger partial charge in [0.2, 0.25) is 0 Å². The Labute approximate surface area is 494 Å². The van der Waals surface area contributed by atoms with Crippen LogP contribution in [0.4, 0.5) is 0 Å². The minimum atomic E-state index is -0.809. The van der Waals surface area contributed by atoms with Crippen LogP contribution >= 0.6 is 0 Å². The molecule has 1 atom stereocenters. The van der Waals surface area contributed by atoms with E-state index in [0.29, 0.717) is 19.3 Å². The average Bonchev–Trinajstić information content (AvgIpc) is 3.46. The monoisotopic (exact) mass is 1110 g/mol. The van der Waals surface area contributed by atoms with E-state index in [1.165, 1.54) is 122 Å². The third-order valence-corrected chi connectivity index (χ3v) is 13.9. The molecule has 6 heteroatoms. The van der Waals surface area contributed by atoms with Gasteiger partial charge in [-0.25, -0.2) is 0 Å². The van der Waals surface area contributed by atoms with Crippen molar-refractivity contribution in [3.05, 3.63) is 134 Å². The molecule has 0 saturated carbocycles. The highest BCUT2D eigenvalue weighted by molar-refractivity contribution is 5.71. The molecule has 0 saturated heterocycles. The fraction of sp³-hybridized carbons (Fsp3) is 0.662. The topological polar surface area (TPSA) is 78.9 Å². The fourth-order valence-electron chi connectivity index (χ4n) is 9.00. The lowest BCUT2D eigenvalue weighted by Crippen LogP contribution is -2.30. The zero-order valence-corrected chi connectivity index (χ0v) is 52.0. The molecular formula is C74H122O6. The zero-order chi connectivity index (χ0) is 57.8. The van der Waals surface area contributed by atoms with Crippen LogP contribution in [0.3, 0.4) is 0 Å². The highest BCUT2D eigenvalue weighted by atomic mass is 16.6. The Morgan fingerprint density at radius 1 is 0.263 bits per heavy atom. The lowest BCUT2D eigenvalue weighted by Gasteiger charge is -2.18. The quantitative estimate of drug-likeness (QED) is 0.0261. The summed E-state index contributed by atoms with van der Waals surface area (Å²) in [6.07, 6.45) is 94.6. The largest absolute Gasteiger partial charge is 0.462 e. The first-order valence-corrected chi connectivity index (χ1v) is 33.2. The smallest absolute Gasteiger partial charge is 0.306 e. The number of carbonyl (C=O) groups is 3. The molecule has 0 aromatic heterocycles. The summed E-state index contributed by atoms with van der Waals surface area (Å²) in [4.78, 5) is 38.4. The number of unbranched alkanes of at least 4 members (excludes halogenated alkanes) is 26. The number of carbonyl (C=O) groups excluding carboxylic acids is 3. The number of esters is 3. The van der Waals surface area contributed by atoms with Gasteiger partial charge in [-0.3, -0.25) is 14.4 Å². The summed E-state index contributed by atoms with van der Waals surface area (Å²) in [5.41, 5.74) is 0. The number of allylic oxidation sites excluding steroid dienone is 22. The molecule has 0 spiro atoms. The van der Waals surface area contributed by atoms with E-state index in [-0.39, 0.29) is 37.5 Å². The summed E-state index contributed by atoms with van der Waals surface area (Å²) in [7, 11) is 0. The molecule has 0 N–H and O–H groups in total. The summed E-state index contributed by atoms with van der Waals surface area (Å²) in [5.74, 6) is -0.942. The van der Waals surface area contributed by atoms with E-state index < -0.39 is 6.10 Å². The van der Waals surface area contributed by atoms with Crippen LogP contribution in [-0.4, -0.2) is 37.2 Å². The van der Waals surface area contributed by atoms with Crippen molar-refractivity contribution < 1.29 is 28.6 Å². The summed E-state index contributed by atoms with van der Waals surface area (Å²) in [6.45, 7) is 6.40. The molecule has 1 unspecified atom stereocenters. The molecule has 0 amide bonds. The Morgan fingerprint density at radius 2 is 0.487 bits per heavy atom. The lowest BCUT2D eigenvalue weighted by molar-refractivity contribution is -0.167. The van der Waals surface area contributed by atoms with Gasteiger partial charge >= 0.3 is 17.9 Å². The van der Waals surface area contributed by atoms with Crippen LogP contribution in [0.2, 0.25) is 0 Å². The second kappa shape index (κ2) is 67.1. The highest BCUT2D eigenvalue weighted by Gasteiger charge is 2.19. The van der Waals surface area contributed by atoms with Gasteiger partial charge in [0.15, 0.2) is 6.10 Å². The second-order valence-corrected chi connectivity index (χ2v) is 21.6. The van der Waals surface area contributed by atoms with Gasteiger partial charge in [-0.2, -0.15) is 0 Å². The third-order valence-electron chi connectivity index (χ3n) is 13.9. The number of hydrogen-bond donors (Lipinski definition) is 0. The highest BCUT2D eigenvalue weighted by Crippen LogP contribution is 2.16. The van der Waals surface area contributed by atoms with Crippen LogP contribution in [0.5, 0.6) is 0 Å². The van der Waals surface area contributed by atoms with E-state index in [1.54, 1.807) is 0 Å². The summed E-state index contributed by atoms with van der Waals surface area (Å²) in [5, 5.41) is 0. The van der Waals surface area contributed by atoms with Gasteiger partial charge in [-0.05, 0) is 116 Å². The Hall–Kier alpha value is -4.45. The molecule has 0 aliphatic rings. The first-order valence-electron chi connectivity index (χ1n) is 33.2. The fourth-order valence-corrected chi connectivity index (χ4v) is 9.00. The van der Waals surface area contributed by atoms with Gasteiger partial charge in [0, 0.05) is 19.3 Å². The maximum Gasteiger partial charge on any atom is 0.306 e. The predicted octanol–water partition coefficient (Wildman–Crippen LogP) is 22.9. The molecule has 454 valence electrons. The standard InChI is InChI=1S/C74H122O6/c1-4-7-10-13-16-19-22-25-28-31-33-35-36-37-38-40-41-43-46-49-52-55-58-61-64-67-73(76)79-70-71(69-78-72(75)66-63-60-57-54-51-48-45-30-27-24-21-18-15-12-9-6-3)80-74(77)68-65-62-59-56-53-50-47-44-42-39-34-32-29-26-23-20-17-14-11-8-5-2/h7-8,10-11,16-17,19-20,25-26,28-29,33-35,37-39,44,47,53,56,71H,4-6,9,12-15,18,21-24,27,30-32,36,40-43,45-46,48-52,54-55,57-70H2,1-3H3/b10-7-,11-8-,19-16-,20-17-,28-25-,29-26-,35-33-,38-37-,39-34-,47-44-,56-53-. The van der Waals surface area contributed by atoms with Crippen molar-refractivity contribution in [1.82, 2.24) is 0 Å². The van der Waals surface area contributed by atoms with E-state index in [2.05, 4.69) is 154 Å². The molecule has 0 rings (SSSR count). The Balaban J connectivity index is 4.46. The number of ether oxygens (including phenoxy) is 3. The van der Waals surface area contributed by atoms with Gasteiger partial charge in [0.1, 0.15) is 13.2 Å². The average molecular weight is 1110 g/mol. The van der Waals surface area contributed by atoms with E-state index in [4.69, 9.17) is 14.2 Å². The van der Waals surface area contributed by atoms with Crippen LogP contribution in [0.1, 0.15) is 297 Å². The SMILES string of the molecule is CC/C=C\C/C=C\C/C=C\C/C=C\C/C=C\C/C=C\CCCCC(=O)OC(COC(=O)CCCCCCCCCCC/C=C\C/C=C\C/C=C\C/C=C\C/C=C\CC)COC(=O)CCCCCCCCCCCCCCCCCC. The minimum Gasteiger partial charge on any atom is -0.462 e. The summed E-state index contributed by atoms with van der Waals surface area (Å²) in [6, 6.07) is 0. The van der Waals surface area contributed by atoms with Gasteiger partial charge in [-0.15, -0.1) is 0 Å². The summed E-state index contributed by atoms with van der Waals surface area (Å²) >= 11 is 0. The Bertz CT molecular complexity index is 1700. The predicted molar refractivity (Wildman–Crippen MR) is 348 cm³/mol. The summed E-state index contributed by atoms with van der Waals surface area (Å²) < 4.78 is 16.9. The molecule has 0 bridgehead atoms. The number of rotatable bonds is 59. The molecule has 0 radical (unpaired) electrons. The van der Waals surface area contributed by atoms with Crippen molar-refractivity contribution in [2.45, 2.75) is 303 Å². The maximum absolute atomic E-state index is 12.9. The molecule has 0 aliphatic heterocycles. The van der Waals surface area contributed by atoms with Gasteiger partial charge in [-0.1, -0.05) is 296 Å². The van der Waals surface area contributed by atoms with Crippen molar-refractivity contribution in [2.24, 2.45) is 0 Å². The van der Waals surface area contributed by atoms with Crippen molar-refractivity contribution in [3.63, 3.8) is 0 Å². The molecule has 0 aliphatic carbocycles. The van der Waals surface area contributed by atoms with E-state index in [0.717, 1.165) is 128 Å². The maximum atomic E-state index is 12.9. The second-order valence-electron chi connectivity index (χ2n) is 21.6. The molecule has 0 heterocycles. The van der Waals surface area contributed by atoms with Crippen molar-refractivity contribution >= 4 is 17.9 Å². The van der Waals surface area contributed by atoms with Crippen LogP contribution in [0.15, 0.2) is 134 Å². The van der Waals surface area contributed by atoms with Crippen molar-refractivity contribution in [3.8, 4) is 0 Å².